The molecule has 0 saturated carbocycles. The standard InChI is InChI=1S/C16H14FN3O/c1-10(12-4-2-11(9-18)3-5-12)20-16(21)14-7-6-13(17)8-15(14)19/h2-8,10H,19H2,1H3,(H,20,21). The molecule has 0 aromatic heterocycles. The summed E-state index contributed by atoms with van der Waals surface area (Å²) in [4.78, 5) is 12.1. The zero-order chi connectivity index (χ0) is 15.4. The predicted molar refractivity (Wildman–Crippen MR) is 77.9 cm³/mol. The third kappa shape index (κ3) is 3.37. The zero-order valence-electron chi connectivity index (χ0n) is 11.4. The van der Waals surface area contributed by atoms with Crippen molar-refractivity contribution in [2.24, 2.45) is 0 Å². The van der Waals surface area contributed by atoms with E-state index in [-0.39, 0.29) is 23.2 Å². The van der Waals surface area contributed by atoms with Gasteiger partial charge in [0.25, 0.3) is 5.91 Å². The normalized spacial score (nSPS) is 11.5. The Morgan fingerprint density at radius 3 is 2.52 bits per heavy atom. The Hall–Kier alpha value is -2.87. The average molecular weight is 283 g/mol. The van der Waals surface area contributed by atoms with Crippen LogP contribution >= 0.6 is 0 Å². The van der Waals surface area contributed by atoms with Crippen molar-refractivity contribution in [1.29, 1.82) is 5.26 Å². The largest absolute Gasteiger partial charge is 0.398 e. The van der Waals surface area contributed by atoms with Gasteiger partial charge in [-0.15, -0.1) is 0 Å². The minimum atomic E-state index is -0.482. The first-order valence-corrected chi connectivity index (χ1v) is 6.37. The summed E-state index contributed by atoms with van der Waals surface area (Å²) in [6.45, 7) is 1.82. The molecule has 0 spiro atoms. The number of nitrogens with zero attached hydrogens (tertiary/aromatic N) is 1. The predicted octanol–water partition coefficient (Wildman–Crippen LogP) is 2.77. The number of nitrogens with two attached hydrogens (primary N) is 1. The van der Waals surface area contributed by atoms with Crippen LogP contribution in [-0.2, 0) is 0 Å². The van der Waals surface area contributed by atoms with Gasteiger partial charge in [-0.05, 0) is 42.8 Å². The van der Waals surface area contributed by atoms with Crippen LogP contribution in [0.25, 0.3) is 0 Å². The fraction of sp³-hybridized carbons (Fsp3) is 0.125. The van der Waals surface area contributed by atoms with E-state index in [1.165, 1.54) is 12.1 Å². The fourth-order valence-corrected chi connectivity index (χ4v) is 1.94. The van der Waals surface area contributed by atoms with E-state index in [0.29, 0.717) is 5.56 Å². The lowest BCUT2D eigenvalue weighted by Crippen LogP contribution is -2.27. The van der Waals surface area contributed by atoms with Crippen LogP contribution in [-0.4, -0.2) is 5.91 Å². The minimum absolute atomic E-state index is 0.0968. The maximum Gasteiger partial charge on any atom is 0.253 e. The van der Waals surface area contributed by atoms with E-state index < -0.39 is 5.82 Å². The van der Waals surface area contributed by atoms with E-state index in [1.807, 2.05) is 13.0 Å². The van der Waals surface area contributed by atoms with Gasteiger partial charge >= 0.3 is 0 Å². The van der Waals surface area contributed by atoms with Crippen LogP contribution in [0.2, 0.25) is 0 Å². The molecule has 0 saturated heterocycles. The molecule has 106 valence electrons. The molecular formula is C16H14FN3O. The highest BCUT2D eigenvalue weighted by molar-refractivity contribution is 5.99. The number of hydrogen-bond acceptors (Lipinski definition) is 3. The molecule has 0 radical (unpaired) electrons. The smallest absolute Gasteiger partial charge is 0.253 e. The summed E-state index contributed by atoms with van der Waals surface area (Å²) in [5, 5.41) is 11.5. The van der Waals surface area contributed by atoms with Gasteiger partial charge in [-0.3, -0.25) is 4.79 Å². The highest BCUT2D eigenvalue weighted by atomic mass is 19.1. The van der Waals surface area contributed by atoms with Crippen molar-refractivity contribution in [3.8, 4) is 6.07 Å². The number of nitriles is 1. The molecule has 2 aromatic rings. The van der Waals surface area contributed by atoms with Gasteiger partial charge < -0.3 is 11.1 Å². The number of halogens is 1. The highest BCUT2D eigenvalue weighted by Crippen LogP contribution is 2.17. The Morgan fingerprint density at radius 2 is 1.95 bits per heavy atom. The van der Waals surface area contributed by atoms with Crippen molar-refractivity contribution in [3.05, 3.63) is 65.0 Å². The Balaban J connectivity index is 2.13. The van der Waals surface area contributed by atoms with Gasteiger partial charge in [-0.25, -0.2) is 4.39 Å². The molecule has 0 fully saturated rings. The molecule has 1 unspecified atom stereocenters. The van der Waals surface area contributed by atoms with Gasteiger partial charge in [0, 0.05) is 5.69 Å². The summed E-state index contributed by atoms with van der Waals surface area (Å²) in [5.74, 6) is -0.853. The van der Waals surface area contributed by atoms with E-state index in [4.69, 9.17) is 11.0 Å². The Labute approximate surface area is 122 Å². The number of nitrogen functional groups attached to an aromatic ring is 1. The van der Waals surface area contributed by atoms with E-state index in [0.717, 1.165) is 11.6 Å². The molecule has 1 amide bonds. The molecule has 0 aliphatic carbocycles. The van der Waals surface area contributed by atoms with E-state index in [9.17, 15) is 9.18 Å². The van der Waals surface area contributed by atoms with Gasteiger partial charge in [0.05, 0.1) is 23.2 Å². The van der Waals surface area contributed by atoms with Crippen molar-refractivity contribution in [1.82, 2.24) is 5.32 Å². The average Bonchev–Trinajstić information content (AvgIpc) is 2.47. The molecule has 21 heavy (non-hydrogen) atoms. The van der Waals surface area contributed by atoms with Gasteiger partial charge in [0.1, 0.15) is 5.82 Å². The molecule has 2 aromatic carbocycles. The molecule has 5 heteroatoms. The molecule has 0 aliphatic heterocycles. The van der Waals surface area contributed by atoms with Crippen LogP contribution in [0.4, 0.5) is 10.1 Å². The lowest BCUT2D eigenvalue weighted by atomic mass is 10.1. The van der Waals surface area contributed by atoms with E-state index >= 15 is 0 Å². The monoisotopic (exact) mass is 283 g/mol. The number of benzene rings is 2. The van der Waals surface area contributed by atoms with Crippen LogP contribution in [0.5, 0.6) is 0 Å². The summed E-state index contributed by atoms with van der Waals surface area (Å²) >= 11 is 0. The molecular weight excluding hydrogens is 269 g/mol. The summed E-state index contributed by atoms with van der Waals surface area (Å²) in [5.41, 5.74) is 7.39. The van der Waals surface area contributed by atoms with Gasteiger partial charge in [-0.1, -0.05) is 12.1 Å². The second-order valence-corrected chi connectivity index (χ2v) is 4.66. The van der Waals surface area contributed by atoms with Crippen molar-refractivity contribution < 1.29 is 9.18 Å². The Bertz CT molecular complexity index is 704. The number of carbonyl (C=O) groups is 1. The first-order valence-electron chi connectivity index (χ1n) is 6.37. The first kappa shape index (κ1) is 14.5. The first-order chi connectivity index (χ1) is 10.0. The highest BCUT2D eigenvalue weighted by Gasteiger charge is 2.14. The van der Waals surface area contributed by atoms with Gasteiger partial charge in [0.15, 0.2) is 0 Å². The molecule has 1 atom stereocenters. The lowest BCUT2D eigenvalue weighted by Gasteiger charge is -2.15. The van der Waals surface area contributed by atoms with Crippen LogP contribution in [0, 0.1) is 17.1 Å². The maximum absolute atomic E-state index is 13.0. The lowest BCUT2D eigenvalue weighted by molar-refractivity contribution is 0.0941. The fourth-order valence-electron chi connectivity index (χ4n) is 1.94. The SMILES string of the molecule is CC(NC(=O)c1ccc(F)cc1N)c1ccc(C#N)cc1. The summed E-state index contributed by atoms with van der Waals surface area (Å²) in [6.07, 6.45) is 0. The van der Waals surface area contributed by atoms with Crippen LogP contribution in [0.15, 0.2) is 42.5 Å². The number of carbonyl (C=O) groups excluding carboxylic acids is 1. The second-order valence-electron chi connectivity index (χ2n) is 4.66. The van der Waals surface area contributed by atoms with Crippen LogP contribution in [0.3, 0.4) is 0 Å². The molecule has 0 bridgehead atoms. The number of nitrogens with one attached hydrogen (secondary N) is 1. The summed E-state index contributed by atoms with van der Waals surface area (Å²) in [7, 11) is 0. The topological polar surface area (TPSA) is 78.9 Å². The molecule has 2 rings (SSSR count). The minimum Gasteiger partial charge on any atom is -0.398 e. The third-order valence-corrected chi connectivity index (χ3v) is 3.15. The summed E-state index contributed by atoms with van der Waals surface area (Å²) < 4.78 is 13.0. The number of hydrogen-bond donors (Lipinski definition) is 2. The van der Waals surface area contributed by atoms with Crippen molar-refractivity contribution >= 4 is 11.6 Å². The van der Waals surface area contributed by atoms with Crippen molar-refractivity contribution in [2.45, 2.75) is 13.0 Å². The molecule has 4 nitrogen and oxygen atoms in total. The van der Waals surface area contributed by atoms with E-state index in [2.05, 4.69) is 5.32 Å². The maximum atomic E-state index is 13.0. The third-order valence-electron chi connectivity index (χ3n) is 3.15. The number of rotatable bonds is 3. The second kappa shape index (κ2) is 6.06. The number of amides is 1. The van der Waals surface area contributed by atoms with Crippen LogP contribution < -0.4 is 11.1 Å². The zero-order valence-corrected chi connectivity index (χ0v) is 11.4. The van der Waals surface area contributed by atoms with Gasteiger partial charge in [-0.2, -0.15) is 5.26 Å². The summed E-state index contributed by atoms with van der Waals surface area (Å²) in [6, 6.07) is 12.4. The quantitative estimate of drug-likeness (QED) is 0.850. The number of anilines is 1. The van der Waals surface area contributed by atoms with E-state index in [1.54, 1.807) is 24.3 Å². The Morgan fingerprint density at radius 1 is 1.29 bits per heavy atom. The van der Waals surface area contributed by atoms with Crippen LogP contribution in [0.1, 0.15) is 34.5 Å². The van der Waals surface area contributed by atoms with Gasteiger partial charge in [0.2, 0.25) is 0 Å². The molecule has 0 aliphatic rings. The molecule has 3 N–H and O–H groups in total. The van der Waals surface area contributed by atoms with Crippen molar-refractivity contribution in [3.63, 3.8) is 0 Å². The molecule has 0 heterocycles. The van der Waals surface area contributed by atoms with Crippen molar-refractivity contribution in [2.75, 3.05) is 5.73 Å². The Kier molecular flexibility index (Phi) is 4.19.